The predicted octanol–water partition coefficient (Wildman–Crippen LogP) is 5.71. The van der Waals surface area contributed by atoms with E-state index in [9.17, 15) is 5.11 Å². The number of phenolic OH excluding ortho intramolecular Hbond substituents is 1. The van der Waals surface area contributed by atoms with Crippen LogP contribution in [0.4, 0.5) is 0 Å². The second-order valence-electron chi connectivity index (χ2n) is 5.13. The number of aryl methyl sites for hydroxylation is 1. The summed E-state index contributed by atoms with van der Waals surface area (Å²) in [7, 11) is 0. The summed E-state index contributed by atoms with van der Waals surface area (Å²) in [5.41, 5.74) is 5.48. The lowest BCUT2D eigenvalue weighted by Gasteiger charge is -2.01. The zero-order valence-electron chi connectivity index (χ0n) is 13.2. The number of allylic oxidation sites excluding steroid dienone is 2. The maximum absolute atomic E-state index is 9.22. The number of aromatic hydroxyl groups is 1. The Hall–Kier alpha value is -2.28. The van der Waals surface area contributed by atoms with Crippen molar-refractivity contribution in [1.82, 2.24) is 0 Å². The van der Waals surface area contributed by atoms with Crippen molar-refractivity contribution in [3.63, 3.8) is 0 Å². The Morgan fingerprint density at radius 2 is 1.62 bits per heavy atom. The van der Waals surface area contributed by atoms with Crippen LogP contribution in [0.3, 0.4) is 0 Å². The van der Waals surface area contributed by atoms with E-state index in [1.807, 2.05) is 26.0 Å². The van der Waals surface area contributed by atoms with Gasteiger partial charge in [-0.1, -0.05) is 68.1 Å². The van der Waals surface area contributed by atoms with E-state index in [2.05, 4.69) is 44.3 Å². The number of para-hydroxylation sites is 1. The Kier molecular flexibility index (Phi) is 6.48. The lowest BCUT2D eigenvalue weighted by Crippen LogP contribution is -1.82. The minimum Gasteiger partial charge on any atom is -0.507 e. The van der Waals surface area contributed by atoms with Gasteiger partial charge >= 0.3 is 0 Å². The first kappa shape index (κ1) is 16.8. The molecule has 0 spiro atoms. The Bertz CT molecular complexity index is 623. The molecule has 0 aliphatic heterocycles. The number of phenols is 1. The van der Waals surface area contributed by atoms with Gasteiger partial charge < -0.3 is 5.11 Å². The lowest BCUT2D eigenvalue weighted by atomic mass is 10.0. The van der Waals surface area contributed by atoms with E-state index in [1.165, 1.54) is 11.1 Å². The monoisotopic (exact) mass is 280 g/mol. The number of hydrogen-bond donors (Lipinski definition) is 1. The normalized spacial score (nSPS) is 9.48. The van der Waals surface area contributed by atoms with Gasteiger partial charge in [0.15, 0.2) is 0 Å². The molecule has 0 saturated carbocycles. The van der Waals surface area contributed by atoms with E-state index in [-0.39, 0.29) is 0 Å². The highest BCUT2D eigenvalue weighted by molar-refractivity contribution is 5.66. The molecule has 1 N–H and O–H groups in total. The fourth-order valence-corrected chi connectivity index (χ4v) is 1.89. The summed E-state index contributed by atoms with van der Waals surface area (Å²) in [5.74, 6) is 0.301. The quantitative estimate of drug-likeness (QED) is 0.763. The molecule has 0 radical (unpaired) electrons. The molecular weight excluding hydrogens is 256 g/mol. The number of hydrogen-bond acceptors (Lipinski definition) is 1. The minimum atomic E-state index is 0.301. The Labute approximate surface area is 128 Å². The predicted molar refractivity (Wildman–Crippen MR) is 93.3 cm³/mol. The van der Waals surface area contributed by atoms with Crippen molar-refractivity contribution in [2.75, 3.05) is 0 Å². The first-order chi connectivity index (χ1) is 9.95. The fourth-order valence-electron chi connectivity index (χ4n) is 1.89. The van der Waals surface area contributed by atoms with Crippen molar-refractivity contribution < 1.29 is 5.11 Å². The smallest absolute Gasteiger partial charge is 0.123 e. The molecule has 1 heteroatoms. The summed E-state index contributed by atoms with van der Waals surface area (Å²) in [6, 6.07) is 15.7. The van der Waals surface area contributed by atoms with Crippen LogP contribution in [0.2, 0.25) is 0 Å². The van der Waals surface area contributed by atoms with E-state index < -0.39 is 0 Å². The molecule has 21 heavy (non-hydrogen) atoms. The van der Waals surface area contributed by atoms with Crippen LogP contribution in [-0.2, 0) is 6.42 Å². The van der Waals surface area contributed by atoms with Gasteiger partial charge in [-0.25, -0.2) is 0 Å². The molecule has 0 bridgehead atoms. The van der Waals surface area contributed by atoms with Crippen LogP contribution >= 0.6 is 0 Å². The van der Waals surface area contributed by atoms with Gasteiger partial charge in [-0.2, -0.15) is 0 Å². The highest BCUT2D eigenvalue weighted by Crippen LogP contribution is 2.21. The third kappa shape index (κ3) is 5.31. The van der Waals surface area contributed by atoms with Crippen molar-refractivity contribution in [1.29, 1.82) is 0 Å². The summed E-state index contributed by atoms with van der Waals surface area (Å²) in [6.45, 7) is 13.7. The first-order valence-electron chi connectivity index (χ1n) is 7.14. The van der Waals surface area contributed by atoms with E-state index in [0.717, 1.165) is 23.1 Å². The van der Waals surface area contributed by atoms with Crippen LogP contribution in [0, 0.1) is 0 Å². The van der Waals surface area contributed by atoms with Crippen LogP contribution in [-0.4, -0.2) is 5.11 Å². The largest absolute Gasteiger partial charge is 0.507 e. The summed E-state index contributed by atoms with van der Waals surface area (Å²) in [4.78, 5) is 0. The van der Waals surface area contributed by atoms with Crippen LogP contribution < -0.4 is 0 Å². The number of rotatable bonds is 3. The van der Waals surface area contributed by atoms with E-state index in [0.29, 0.717) is 5.75 Å². The van der Waals surface area contributed by atoms with Gasteiger partial charge in [0.25, 0.3) is 0 Å². The third-order valence-corrected chi connectivity index (χ3v) is 3.19. The molecule has 110 valence electrons. The maximum Gasteiger partial charge on any atom is 0.123 e. The van der Waals surface area contributed by atoms with E-state index in [1.54, 1.807) is 12.1 Å². The zero-order chi connectivity index (χ0) is 15.8. The molecule has 0 unspecified atom stereocenters. The van der Waals surface area contributed by atoms with Crippen molar-refractivity contribution in [3.05, 3.63) is 78.4 Å². The molecule has 2 rings (SSSR count). The molecule has 0 aromatic heterocycles. The summed E-state index contributed by atoms with van der Waals surface area (Å²) < 4.78 is 0. The van der Waals surface area contributed by atoms with Gasteiger partial charge in [0.05, 0.1) is 0 Å². The van der Waals surface area contributed by atoms with Crippen molar-refractivity contribution in [2.24, 2.45) is 0 Å². The molecule has 0 fully saturated rings. The fraction of sp³-hybridized carbons (Fsp3) is 0.200. The molecule has 1 nitrogen and oxygen atoms in total. The molecule has 0 aliphatic rings. The molecular formula is C20H24O. The molecule has 0 aliphatic carbocycles. The topological polar surface area (TPSA) is 20.2 Å². The third-order valence-electron chi connectivity index (χ3n) is 3.19. The van der Waals surface area contributed by atoms with Crippen molar-refractivity contribution >= 4 is 11.1 Å². The highest BCUT2D eigenvalue weighted by atomic mass is 16.3. The highest BCUT2D eigenvalue weighted by Gasteiger charge is 1.97. The maximum atomic E-state index is 9.22. The van der Waals surface area contributed by atoms with Crippen LogP contribution in [0.1, 0.15) is 37.5 Å². The van der Waals surface area contributed by atoms with Crippen LogP contribution in [0.25, 0.3) is 11.1 Å². The average Bonchev–Trinajstić information content (AvgIpc) is 2.48. The summed E-state index contributed by atoms with van der Waals surface area (Å²) in [5, 5.41) is 9.22. The first-order valence-corrected chi connectivity index (χ1v) is 7.14. The molecule has 0 atom stereocenters. The van der Waals surface area contributed by atoms with E-state index >= 15 is 0 Å². The summed E-state index contributed by atoms with van der Waals surface area (Å²) in [6.07, 6.45) is 1.10. The van der Waals surface area contributed by atoms with Gasteiger partial charge in [-0.15, -0.1) is 0 Å². The average molecular weight is 280 g/mol. The second-order valence-corrected chi connectivity index (χ2v) is 5.13. The van der Waals surface area contributed by atoms with E-state index in [4.69, 9.17) is 0 Å². The summed E-state index contributed by atoms with van der Waals surface area (Å²) >= 11 is 0. The van der Waals surface area contributed by atoms with Gasteiger partial charge in [-0.05, 0) is 43.0 Å². The standard InChI is InChI=1S/C11H14.C9H10O/c1-4-10-6-5-7-11(8-10)9(2)3;1-7(2)8-5-3-4-6-9(8)10/h5-8H,2,4H2,1,3H3;3-6,10H,1H2,2H3. The Morgan fingerprint density at radius 3 is 2.10 bits per heavy atom. The second kappa shape index (κ2) is 8.11. The Balaban J connectivity index is 0.000000211. The molecule has 2 aromatic rings. The molecule has 0 amide bonds. The van der Waals surface area contributed by atoms with Gasteiger partial charge in [0.2, 0.25) is 0 Å². The van der Waals surface area contributed by atoms with Gasteiger partial charge in [0.1, 0.15) is 5.75 Å². The SMILES string of the molecule is C=C(C)c1cccc(CC)c1.C=C(C)c1ccccc1O. The van der Waals surface area contributed by atoms with Gasteiger partial charge in [-0.3, -0.25) is 0 Å². The molecule has 0 heterocycles. The van der Waals surface area contributed by atoms with Crippen LogP contribution in [0.15, 0.2) is 61.7 Å². The minimum absolute atomic E-state index is 0.301. The number of benzene rings is 2. The zero-order valence-corrected chi connectivity index (χ0v) is 13.2. The van der Waals surface area contributed by atoms with Crippen LogP contribution in [0.5, 0.6) is 5.75 Å². The molecule has 2 aromatic carbocycles. The lowest BCUT2D eigenvalue weighted by molar-refractivity contribution is 0.473. The van der Waals surface area contributed by atoms with Gasteiger partial charge in [0, 0.05) is 5.56 Å². The van der Waals surface area contributed by atoms with Crippen molar-refractivity contribution in [2.45, 2.75) is 27.2 Å². The van der Waals surface area contributed by atoms with Crippen molar-refractivity contribution in [3.8, 4) is 5.75 Å². The Morgan fingerprint density at radius 1 is 0.952 bits per heavy atom. The molecule has 0 saturated heterocycles.